The quantitative estimate of drug-likeness (QED) is 0.879. The molecule has 0 bridgehead atoms. The molecule has 6 heteroatoms. The predicted molar refractivity (Wildman–Crippen MR) is 96.3 cm³/mol. The van der Waals surface area contributed by atoms with Crippen molar-refractivity contribution in [3.8, 4) is 0 Å². The van der Waals surface area contributed by atoms with E-state index in [4.69, 9.17) is 5.73 Å². The van der Waals surface area contributed by atoms with Crippen molar-refractivity contribution >= 4 is 11.9 Å². The van der Waals surface area contributed by atoms with Crippen molar-refractivity contribution in [2.24, 2.45) is 0 Å². The summed E-state index contributed by atoms with van der Waals surface area (Å²) in [5.74, 6) is 1.55. The van der Waals surface area contributed by atoms with Crippen LogP contribution in [0.2, 0.25) is 0 Å². The minimum absolute atomic E-state index is 0.271. The Morgan fingerprint density at radius 3 is 2.50 bits per heavy atom. The Bertz CT molecular complexity index is 650. The van der Waals surface area contributed by atoms with Gasteiger partial charge in [0.2, 0.25) is 11.9 Å². The van der Waals surface area contributed by atoms with Gasteiger partial charge in [0.15, 0.2) is 0 Å². The lowest BCUT2D eigenvalue weighted by molar-refractivity contribution is 0.0922. The molecule has 1 aliphatic heterocycles. The number of anilines is 2. The van der Waals surface area contributed by atoms with Crippen LogP contribution in [0.5, 0.6) is 0 Å². The second kappa shape index (κ2) is 7.57. The number of hydrogen-bond donors (Lipinski definition) is 2. The molecule has 1 aromatic heterocycles. The molecule has 1 aromatic carbocycles. The predicted octanol–water partition coefficient (Wildman–Crippen LogP) is 2.83. The van der Waals surface area contributed by atoms with Crippen LogP contribution < -0.4 is 11.1 Å². The lowest BCUT2D eigenvalue weighted by atomic mass is 9.97. The van der Waals surface area contributed by atoms with E-state index in [2.05, 4.69) is 51.1 Å². The van der Waals surface area contributed by atoms with Gasteiger partial charge in [-0.2, -0.15) is 15.0 Å². The van der Waals surface area contributed by atoms with E-state index in [0.29, 0.717) is 24.6 Å². The molecule has 0 saturated carbocycles. The maximum atomic E-state index is 5.88. The van der Waals surface area contributed by atoms with Crippen LogP contribution in [-0.4, -0.2) is 31.9 Å². The molecule has 0 spiro atoms. The number of nitrogens with two attached hydrogens (primary N) is 1. The number of nitrogens with one attached hydrogen (secondary N) is 1. The normalized spacial score (nSPS) is 21.6. The average Bonchev–Trinajstić information content (AvgIpc) is 2.57. The lowest BCUT2D eigenvalue weighted by Crippen LogP contribution is -2.43. The lowest BCUT2D eigenvalue weighted by Gasteiger charge is -2.38. The van der Waals surface area contributed by atoms with Gasteiger partial charge in [-0.15, -0.1) is 0 Å². The number of hydrogen-bond acceptors (Lipinski definition) is 6. The minimum Gasteiger partial charge on any atom is -0.368 e. The first kappa shape index (κ1) is 16.6. The summed E-state index contributed by atoms with van der Waals surface area (Å²) in [6.07, 6.45) is 3.75. The highest BCUT2D eigenvalue weighted by Gasteiger charge is 2.25. The Labute approximate surface area is 143 Å². The van der Waals surface area contributed by atoms with Gasteiger partial charge in [0.05, 0.1) is 6.54 Å². The molecule has 2 heterocycles. The SMILES string of the molecule is CC1CCCC(C)N1Cc1nc(N)nc(NCc2ccccc2)n1. The molecule has 0 radical (unpaired) electrons. The summed E-state index contributed by atoms with van der Waals surface area (Å²) < 4.78 is 0. The number of likely N-dealkylation sites (tertiary alicyclic amines) is 1. The van der Waals surface area contributed by atoms with Crippen LogP contribution in [0.4, 0.5) is 11.9 Å². The summed E-state index contributed by atoms with van der Waals surface area (Å²) >= 11 is 0. The van der Waals surface area contributed by atoms with E-state index >= 15 is 0 Å². The Morgan fingerprint density at radius 2 is 1.79 bits per heavy atom. The zero-order valence-corrected chi connectivity index (χ0v) is 14.4. The number of benzene rings is 1. The molecule has 0 aliphatic carbocycles. The highest BCUT2D eigenvalue weighted by atomic mass is 15.2. The zero-order valence-electron chi connectivity index (χ0n) is 14.4. The molecule has 3 N–H and O–H groups in total. The summed E-state index contributed by atoms with van der Waals surface area (Å²) in [6, 6.07) is 11.3. The molecular weight excluding hydrogens is 300 g/mol. The Hall–Kier alpha value is -2.21. The monoisotopic (exact) mass is 326 g/mol. The second-order valence-corrected chi connectivity index (χ2v) is 6.57. The van der Waals surface area contributed by atoms with Crippen LogP contribution in [-0.2, 0) is 13.1 Å². The van der Waals surface area contributed by atoms with Crippen molar-refractivity contribution in [2.75, 3.05) is 11.1 Å². The van der Waals surface area contributed by atoms with E-state index in [1.54, 1.807) is 0 Å². The summed E-state index contributed by atoms with van der Waals surface area (Å²) in [5, 5.41) is 3.24. The summed E-state index contributed by atoms with van der Waals surface area (Å²) in [6.45, 7) is 5.93. The molecule has 6 nitrogen and oxygen atoms in total. The second-order valence-electron chi connectivity index (χ2n) is 6.57. The number of nitrogens with zero attached hydrogens (tertiary/aromatic N) is 4. The summed E-state index contributed by atoms with van der Waals surface area (Å²) in [4.78, 5) is 15.5. The van der Waals surface area contributed by atoms with Crippen LogP contribution in [0.25, 0.3) is 0 Å². The first-order chi connectivity index (χ1) is 11.6. The summed E-state index contributed by atoms with van der Waals surface area (Å²) in [5.41, 5.74) is 7.06. The van der Waals surface area contributed by atoms with E-state index in [9.17, 15) is 0 Å². The fourth-order valence-electron chi connectivity index (χ4n) is 3.31. The van der Waals surface area contributed by atoms with E-state index < -0.39 is 0 Å². The van der Waals surface area contributed by atoms with Gasteiger partial charge in [-0.1, -0.05) is 36.8 Å². The summed E-state index contributed by atoms with van der Waals surface area (Å²) in [7, 11) is 0. The largest absolute Gasteiger partial charge is 0.368 e. The van der Waals surface area contributed by atoms with Crippen LogP contribution in [0.3, 0.4) is 0 Å². The van der Waals surface area contributed by atoms with E-state index in [1.807, 2.05) is 18.2 Å². The van der Waals surface area contributed by atoms with Gasteiger partial charge in [-0.05, 0) is 32.3 Å². The van der Waals surface area contributed by atoms with Crippen LogP contribution >= 0.6 is 0 Å². The third-order valence-electron chi connectivity index (χ3n) is 4.69. The van der Waals surface area contributed by atoms with Gasteiger partial charge in [-0.3, -0.25) is 4.90 Å². The van der Waals surface area contributed by atoms with Crippen molar-refractivity contribution in [2.45, 2.75) is 58.3 Å². The standard InChI is InChI=1S/C18H26N6/c1-13-7-6-8-14(2)24(13)12-16-21-17(19)23-18(22-16)20-11-15-9-4-3-5-10-15/h3-5,9-10,13-14H,6-8,11-12H2,1-2H3,(H3,19,20,21,22,23). The maximum Gasteiger partial charge on any atom is 0.228 e. The topological polar surface area (TPSA) is 80.0 Å². The molecule has 2 atom stereocenters. The first-order valence-electron chi connectivity index (χ1n) is 8.66. The molecule has 1 fully saturated rings. The molecule has 24 heavy (non-hydrogen) atoms. The fourth-order valence-corrected chi connectivity index (χ4v) is 3.31. The Balaban J connectivity index is 1.69. The minimum atomic E-state index is 0.271. The smallest absolute Gasteiger partial charge is 0.228 e. The highest BCUT2D eigenvalue weighted by Crippen LogP contribution is 2.24. The fraction of sp³-hybridized carbons (Fsp3) is 0.500. The number of nitrogen functional groups attached to an aromatic ring is 1. The van der Waals surface area contributed by atoms with E-state index in [1.165, 1.54) is 24.8 Å². The molecule has 2 unspecified atom stereocenters. The van der Waals surface area contributed by atoms with Crippen LogP contribution in [0, 0.1) is 0 Å². The third-order valence-corrected chi connectivity index (χ3v) is 4.69. The maximum absolute atomic E-state index is 5.88. The van der Waals surface area contributed by atoms with Gasteiger partial charge < -0.3 is 11.1 Å². The molecule has 1 aliphatic rings. The molecule has 1 saturated heterocycles. The van der Waals surface area contributed by atoms with Gasteiger partial charge in [-0.25, -0.2) is 0 Å². The van der Waals surface area contributed by atoms with Gasteiger partial charge in [0.25, 0.3) is 0 Å². The van der Waals surface area contributed by atoms with Crippen molar-refractivity contribution < 1.29 is 0 Å². The Morgan fingerprint density at radius 1 is 1.08 bits per heavy atom. The van der Waals surface area contributed by atoms with Crippen LogP contribution in [0.1, 0.15) is 44.5 Å². The molecule has 128 valence electrons. The number of piperidine rings is 1. The van der Waals surface area contributed by atoms with Crippen molar-refractivity contribution in [3.05, 3.63) is 41.7 Å². The Kier molecular flexibility index (Phi) is 5.25. The van der Waals surface area contributed by atoms with Crippen LogP contribution in [0.15, 0.2) is 30.3 Å². The van der Waals surface area contributed by atoms with Crippen molar-refractivity contribution in [1.82, 2.24) is 19.9 Å². The number of rotatable bonds is 5. The number of aromatic nitrogens is 3. The average molecular weight is 326 g/mol. The molecule has 3 rings (SSSR count). The van der Waals surface area contributed by atoms with Gasteiger partial charge in [0.1, 0.15) is 5.82 Å². The molecule has 0 amide bonds. The highest BCUT2D eigenvalue weighted by molar-refractivity contribution is 5.32. The van der Waals surface area contributed by atoms with E-state index in [0.717, 1.165) is 12.4 Å². The third kappa shape index (κ3) is 4.20. The van der Waals surface area contributed by atoms with Gasteiger partial charge in [0, 0.05) is 18.6 Å². The van der Waals surface area contributed by atoms with Crippen molar-refractivity contribution in [3.63, 3.8) is 0 Å². The van der Waals surface area contributed by atoms with Gasteiger partial charge >= 0.3 is 0 Å². The van der Waals surface area contributed by atoms with E-state index in [-0.39, 0.29) is 5.95 Å². The zero-order chi connectivity index (χ0) is 16.9. The molecular formula is C18H26N6. The first-order valence-corrected chi connectivity index (χ1v) is 8.66. The molecule has 2 aromatic rings. The van der Waals surface area contributed by atoms with Crippen molar-refractivity contribution in [1.29, 1.82) is 0 Å².